The van der Waals surface area contributed by atoms with Crippen LogP contribution in [0.15, 0.2) is 22.7 Å². The smallest absolute Gasteiger partial charge is 0.258 e. The molecule has 2 heterocycles. The normalized spacial score (nSPS) is 19.3. The van der Waals surface area contributed by atoms with Gasteiger partial charge < -0.3 is 14.4 Å². The van der Waals surface area contributed by atoms with E-state index in [9.17, 15) is 5.11 Å². The molecule has 0 amide bonds. The van der Waals surface area contributed by atoms with Crippen LogP contribution < -0.4 is 0 Å². The number of aromatic hydroxyl groups is 1. The Bertz CT molecular complexity index is 559. The van der Waals surface area contributed by atoms with E-state index in [2.05, 4.69) is 10.1 Å². The summed E-state index contributed by atoms with van der Waals surface area (Å²) < 4.78 is 10.5. The Morgan fingerprint density at radius 3 is 3.00 bits per heavy atom. The van der Waals surface area contributed by atoms with Gasteiger partial charge in [0, 0.05) is 18.1 Å². The number of aromatic nitrogens is 2. The molecular weight excluding hydrogens is 232 g/mol. The Hall–Kier alpha value is -1.88. The number of hydrogen-bond acceptors (Lipinski definition) is 5. The highest BCUT2D eigenvalue weighted by Crippen LogP contribution is 2.28. The van der Waals surface area contributed by atoms with Gasteiger partial charge in [-0.3, -0.25) is 0 Å². The number of phenolic OH excluding ortho intramolecular Hbond substituents is 1. The molecule has 1 aromatic carbocycles. The fourth-order valence-electron chi connectivity index (χ4n) is 2.00. The minimum atomic E-state index is 0.224. The quantitative estimate of drug-likeness (QED) is 0.880. The van der Waals surface area contributed by atoms with Gasteiger partial charge >= 0.3 is 0 Å². The second kappa shape index (κ2) is 4.42. The van der Waals surface area contributed by atoms with Crippen molar-refractivity contribution in [1.29, 1.82) is 0 Å². The predicted molar refractivity (Wildman–Crippen MR) is 64.3 cm³/mol. The summed E-state index contributed by atoms with van der Waals surface area (Å²) in [7, 11) is 0. The molecule has 1 fully saturated rings. The number of hydrogen-bond donors (Lipinski definition) is 1. The minimum Gasteiger partial charge on any atom is -0.508 e. The van der Waals surface area contributed by atoms with E-state index in [0.717, 1.165) is 24.2 Å². The van der Waals surface area contributed by atoms with Gasteiger partial charge in [-0.25, -0.2) is 0 Å². The zero-order chi connectivity index (χ0) is 12.5. The van der Waals surface area contributed by atoms with Gasteiger partial charge in [-0.15, -0.1) is 0 Å². The lowest BCUT2D eigenvalue weighted by Crippen LogP contribution is -1.99. The molecule has 1 saturated heterocycles. The molecule has 1 atom stereocenters. The first-order chi connectivity index (χ1) is 8.74. The number of phenols is 1. The molecular formula is C13H14N2O3. The average molecular weight is 246 g/mol. The van der Waals surface area contributed by atoms with Crippen LogP contribution in [0.25, 0.3) is 11.5 Å². The first-order valence-electron chi connectivity index (χ1n) is 5.95. The number of rotatable bonds is 2. The zero-order valence-corrected chi connectivity index (χ0v) is 10.1. The molecule has 0 saturated carbocycles. The van der Waals surface area contributed by atoms with Gasteiger partial charge in [-0.05, 0) is 31.0 Å². The lowest BCUT2D eigenvalue weighted by Gasteiger charge is -2.00. The highest BCUT2D eigenvalue weighted by atomic mass is 16.5. The molecule has 5 heteroatoms. The molecule has 1 aliphatic rings. The second-order valence-electron chi connectivity index (χ2n) is 4.52. The van der Waals surface area contributed by atoms with Gasteiger partial charge in [0.05, 0.1) is 6.61 Å². The van der Waals surface area contributed by atoms with Crippen LogP contribution in [-0.2, 0) is 4.74 Å². The Kier molecular flexibility index (Phi) is 2.76. The Morgan fingerprint density at radius 2 is 2.28 bits per heavy atom. The summed E-state index contributed by atoms with van der Waals surface area (Å²) in [5, 5.41) is 13.6. The first-order valence-corrected chi connectivity index (χ1v) is 5.95. The first kappa shape index (κ1) is 11.2. The van der Waals surface area contributed by atoms with Crippen LogP contribution in [0.1, 0.15) is 23.7 Å². The monoisotopic (exact) mass is 246 g/mol. The second-order valence-corrected chi connectivity index (χ2v) is 4.52. The van der Waals surface area contributed by atoms with E-state index in [1.807, 2.05) is 19.1 Å². The highest BCUT2D eigenvalue weighted by Gasteiger charge is 2.23. The maximum atomic E-state index is 9.67. The molecule has 0 unspecified atom stereocenters. The summed E-state index contributed by atoms with van der Waals surface area (Å²) in [4.78, 5) is 4.36. The predicted octanol–water partition coefficient (Wildman–Crippen LogP) is 2.25. The summed E-state index contributed by atoms with van der Waals surface area (Å²) in [6, 6.07) is 5.32. The SMILES string of the molecule is Cc1ccc(-c2nc([C@H]3CCOC3)no2)cc1O. The van der Waals surface area contributed by atoms with Crippen molar-refractivity contribution in [3.8, 4) is 17.2 Å². The molecule has 1 N–H and O–H groups in total. The van der Waals surface area contributed by atoms with Crippen molar-refractivity contribution in [3.05, 3.63) is 29.6 Å². The molecule has 0 aliphatic carbocycles. The summed E-state index contributed by atoms with van der Waals surface area (Å²) in [6.07, 6.45) is 0.929. The van der Waals surface area contributed by atoms with Gasteiger partial charge in [0.25, 0.3) is 5.89 Å². The van der Waals surface area contributed by atoms with Crippen molar-refractivity contribution in [2.24, 2.45) is 0 Å². The molecule has 18 heavy (non-hydrogen) atoms. The van der Waals surface area contributed by atoms with Crippen molar-refractivity contribution in [2.45, 2.75) is 19.3 Å². The van der Waals surface area contributed by atoms with Crippen molar-refractivity contribution in [3.63, 3.8) is 0 Å². The van der Waals surface area contributed by atoms with Crippen LogP contribution >= 0.6 is 0 Å². The van der Waals surface area contributed by atoms with Gasteiger partial charge in [-0.2, -0.15) is 4.98 Å². The maximum Gasteiger partial charge on any atom is 0.258 e. The van der Waals surface area contributed by atoms with Crippen LogP contribution in [0.2, 0.25) is 0 Å². The fraction of sp³-hybridized carbons (Fsp3) is 0.385. The van der Waals surface area contributed by atoms with E-state index in [1.165, 1.54) is 0 Å². The van der Waals surface area contributed by atoms with E-state index in [-0.39, 0.29) is 11.7 Å². The average Bonchev–Trinajstić information content (AvgIpc) is 3.01. The van der Waals surface area contributed by atoms with Crippen LogP contribution in [-0.4, -0.2) is 28.5 Å². The summed E-state index contributed by atoms with van der Waals surface area (Å²) in [5.74, 6) is 1.58. The third kappa shape index (κ3) is 1.97. The van der Waals surface area contributed by atoms with Crippen molar-refractivity contribution in [1.82, 2.24) is 10.1 Å². The molecule has 1 aromatic heterocycles. The molecule has 0 radical (unpaired) electrons. The number of ether oxygens (including phenoxy) is 1. The fourth-order valence-corrected chi connectivity index (χ4v) is 2.00. The zero-order valence-electron chi connectivity index (χ0n) is 10.1. The Labute approximate surface area is 104 Å². The standard InChI is InChI=1S/C13H14N2O3/c1-8-2-3-9(6-11(8)16)13-14-12(15-18-13)10-4-5-17-7-10/h2-3,6,10,16H,4-5,7H2,1H3/t10-/m0/s1. The third-order valence-corrected chi connectivity index (χ3v) is 3.19. The maximum absolute atomic E-state index is 9.67. The molecule has 0 spiro atoms. The van der Waals surface area contributed by atoms with E-state index in [1.54, 1.807) is 6.07 Å². The van der Waals surface area contributed by atoms with E-state index >= 15 is 0 Å². The largest absolute Gasteiger partial charge is 0.508 e. The Morgan fingerprint density at radius 1 is 1.39 bits per heavy atom. The van der Waals surface area contributed by atoms with E-state index < -0.39 is 0 Å². The highest BCUT2D eigenvalue weighted by molar-refractivity contribution is 5.57. The minimum absolute atomic E-state index is 0.224. The van der Waals surface area contributed by atoms with Gasteiger partial charge in [0.1, 0.15) is 5.75 Å². The van der Waals surface area contributed by atoms with E-state index in [0.29, 0.717) is 18.3 Å². The number of aryl methyl sites for hydroxylation is 1. The lowest BCUT2D eigenvalue weighted by atomic mass is 10.1. The van der Waals surface area contributed by atoms with Gasteiger partial charge in [0.2, 0.25) is 0 Å². The topological polar surface area (TPSA) is 68.4 Å². The van der Waals surface area contributed by atoms with Crippen molar-refractivity contribution in [2.75, 3.05) is 13.2 Å². The summed E-state index contributed by atoms with van der Waals surface area (Å²) >= 11 is 0. The molecule has 94 valence electrons. The van der Waals surface area contributed by atoms with Crippen molar-refractivity contribution >= 4 is 0 Å². The molecule has 1 aliphatic heterocycles. The van der Waals surface area contributed by atoms with Crippen LogP contribution in [0, 0.1) is 6.92 Å². The van der Waals surface area contributed by atoms with Crippen LogP contribution in [0.4, 0.5) is 0 Å². The molecule has 3 rings (SSSR count). The number of nitrogens with zero attached hydrogens (tertiary/aromatic N) is 2. The van der Waals surface area contributed by atoms with Crippen molar-refractivity contribution < 1.29 is 14.4 Å². The lowest BCUT2D eigenvalue weighted by molar-refractivity contribution is 0.192. The van der Waals surface area contributed by atoms with Crippen LogP contribution in [0.5, 0.6) is 5.75 Å². The van der Waals surface area contributed by atoms with Gasteiger partial charge in [0.15, 0.2) is 5.82 Å². The van der Waals surface area contributed by atoms with Crippen LogP contribution in [0.3, 0.4) is 0 Å². The number of benzene rings is 1. The Balaban J connectivity index is 1.89. The molecule has 2 aromatic rings. The van der Waals surface area contributed by atoms with Gasteiger partial charge in [-0.1, -0.05) is 11.2 Å². The molecule has 0 bridgehead atoms. The summed E-state index contributed by atoms with van der Waals surface area (Å²) in [5.41, 5.74) is 1.55. The summed E-state index contributed by atoms with van der Waals surface area (Å²) in [6.45, 7) is 3.24. The molecule has 5 nitrogen and oxygen atoms in total. The van der Waals surface area contributed by atoms with E-state index in [4.69, 9.17) is 9.26 Å². The third-order valence-electron chi connectivity index (χ3n) is 3.19.